The Bertz CT molecular complexity index is 1030. The Labute approximate surface area is 214 Å². The number of carbonyl (C=O) groups is 1. The van der Waals surface area contributed by atoms with Crippen molar-refractivity contribution in [2.75, 3.05) is 19.8 Å². The first kappa shape index (κ1) is 24.5. The fourth-order valence-electron chi connectivity index (χ4n) is 9.46. The van der Waals surface area contributed by atoms with Crippen molar-refractivity contribution < 1.29 is 19.1 Å². The lowest BCUT2D eigenvalue weighted by atomic mass is 9.43. The number of hydrogen-bond acceptors (Lipinski definition) is 6. The highest BCUT2D eigenvalue weighted by atomic mass is 16.6. The molecular formula is C29H42N2O5. The molecule has 2 N–H and O–H groups in total. The van der Waals surface area contributed by atoms with Crippen molar-refractivity contribution in [3.8, 4) is 0 Å². The van der Waals surface area contributed by atoms with E-state index >= 15 is 0 Å². The number of nitrogens with one attached hydrogen (secondary N) is 1. The molecule has 5 fully saturated rings. The van der Waals surface area contributed by atoms with E-state index in [4.69, 9.17) is 9.15 Å². The molecule has 2 heterocycles. The fourth-order valence-corrected chi connectivity index (χ4v) is 9.46. The Kier molecular flexibility index (Phi) is 6.03. The minimum absolute atomic E-state index is 0.00888. The molecule has 7 heteroatoms. The van der Waals surface area contributed by atoms with Gasteiger partial charge in [0.2, 0.25) is 0 Å². The molecule has 1 saturated heterocycles. The summed E-state index contributed by atoms with van der Waals surface area (Å²) in [6.07, 6.45) is 11.4. The zero-order valence-electron chi connectivity index (χ0n) is 21.8. The molecule has 0 radical (unpaired) electrons. The predicted molar refractivity (Wildman–Crippen MR) is 135 cm³/mol. The van der Waals surface area contributed by atoms with Gasteiger partial charge in [0.15, 0.2) is 0 Å². The van der Waals surface area contributed by atoms with Crippen LogP contribution in [0, 0.1) is 28.6 Å². The number of aliphatic hydroxyl groups is 1. The number of ether oxygens (including phenoxy) is 1. The van der Waals surface area contributed by atoms with Gasteiger partial charge in [0.25, 0.3) is 0 Å². The van der Waals surface area contributed by atoms with Gasteiger partial charge in [-0.1, -0.05) is 13.8 Å². The molecule has 4 aliphatic carbocycles. The van der Waals surface area contributed by atoms with Crippen LogP contribution in [0.2, 0.25) is 0 Å². The SMILES string of the molecule is C[C@]12CC[C@H](OC(=O)N3CCCNC3)C[C@H]1CC[C@@H]1[C@@H]2CC[C@]2(C)[C@@H](c3ccc(=O)oc3)CC[C@]12O. The first-order valence-electron chi connectivity index (χ1n) is 14.2. The van der Waals surface area contributed by atoms with Crippen molar-refractivity contribution in [2.24, 2.45) is 28.6 Å². The highest BCUT2D eigenvalue weighted by Gasteiger charge is 2.67. The van der Waals surface area contributed by atoms with Gasteiger partial charge in [-0.15, -0.1) is 0 Å². The molecule has 0 spiro atoms. The second-order valence-corrected chi connectivity index (χ2v) is 12.9. The van der Waals surface area contributed by atoms with Crippen LogP contribution >= 0.6 is 0 Å². The Balaban J connectivity index is 1.17. The lowest BCUT2D eigenvalue weighted by molar-refractivity contribution is -0.205. The third kappa shape index (κ3) is 3.67. The lowest BCUT2D eigenvalue weighted by Crippen LogP contribution is -2.62. The Morgan fingerprint density at radius 3 is 2.72 bits per heavy atom. The Morgan fingerprint density at radius 2 is 1.97 bits per heavy atom. The van der Waals surface area contributed by atoms with Crippen LogP contribution in [-0.2, 0) is 4.74 Å². The Hall–Kier alpha value is -1.86. The van der Waals surface area contributed by atoms with Crippen LogP contribution in [-0.4, -0.2) is 47.6 Å². The first-order chi connectivity index (χ1) is 17.2. The smallest absolute Gasteiger partial charge is 0.411 e. The summed E-state index contributed by atoms with van der Waals surface area (Å²) in [5, 5.41) is 15.7. The number of carbonyl (C=O) groups excluding carboxylic acids is 1. The highest BCUT2D eigenvalue weighted by Crippen LogP contribution is 2.70. The van der Waals surface area contributed by atoms with Crippen LogP contribution in [0.4, 0.5) is 4.79 Å². The van der Waals surface area contributed by atoms with E-state index < -0.39 is 5.60 Å². The zero-order valence-corrected chi connectivity index (χ0v) is 21.8. The molecule has 1 aromatic rings. The maximum absolute atomic E-state index is 12.7. The van der Waals surface area contributed by atoms with Crippen LogP contribution in [0.5, 0.6) is 0 Å². The first-order valence-corrected chi connectivity index (χ1v) is 14.2. The largest absolute Gasteiger partial charge is 0.446 e. The minimum atomic E-state index is -0.685. The van der Waals surface area contributed by atoms with Crippen LogP contribution in [0.1, 0.15) is 89.5 Å². The molecule has 4 saturated carbocycles. The minimum Gasteiger partial charge on any atom is -0.446 e. The van der Waals surface area contributed by atoms with Gasteiger partial charge in [-0.05, 0) is 111 Å². The van der Waals surface area contributed by atoms with Gasteiger partial charge in [0.1, 0.15) is 6.10 Å². The van der Waals surface area contributed by atoms with Gasteiger partial charge in [0, 0.05) is 18.0 Å². The van der Waals surface area contributed by atoms with Gasteiger partial charge in [0.05, 0.1) is 18.5 Å². The van der Waals surface area contributed by atoms with E-state index in [2.05, 4.69) is 19.2 Å². The molecule has 6 rings (SSSR count). The van der Waals surface area contributed by atoms with Crippen molar-refractivity contribution in [2.45, 2.75) is 95.7 Å². The van der Waals surface area contributed by atoms with Crippen molar-refractivity contribution in [3.63, 3.8) is 0 Å². The summed E-state index contributed by atoms with van der Waals surface area (Å²) in [6.45, 7) is 7.07. The molecule has 36 heavy (non-hydrogen) atoms. The second-order valence-electron chi connectivity index (χ2n) is 12.9. The average molecular weight is 499 g/mol. The van der Waals surface area contributed by atoms with Crippen molar-refractivity contribution in [3.05, 3.63) is 34.4 Å². The Morgan fingerprint density at radius 1 is 1.11 bits per heavy atom. The average Bonchev–Trinajstić information content (AvgIpc) is 3.16. The van der Waals surface area contributed by atoms with Crippen molar-refractivity contribution >= 4 is 6.09 Å². The summed E-state index contributed by atoms with van der Waals surface area (Å²) in [4.78, 5) is 26.0. The highest BCUT2D eigenvalue weighted by molar-refractivity contribution is 5.67. The van der Waals surface area contributed by atoms with Gasteiger partial charge < -0.3 is 14.3 Å². The molecular weight excluding hydrogens is 456 g/mol. The van der Waals surface area contributed by atoms with E-state index in [9.17, 15) is 14.7 Å². The number of nitrogens with zero attached hydrogens (tertiary/aromatic N) is 1. The van der Waals surface area contributed by atoms with E-state index in [1.807, 2.05) is 6.07 Å². The molecule has 198 valence electrons. The van der Waals surface area contributed by atoms with E-state index in [1.165, 1.54) is 6.07 Å². The monoisotopic (exact) mass is 498 g/mol. The fraction of sp³-hybridized carbons (Fsp3) is 0.793. The summed E-state index contributed by atoms with van der Waals surface area (Å²) in [5.41, 5.74) is 0.0354. The van der Waals surface area contributed by atoms with Gasteiger partial charge >= 0.3 is 11.7 Å². The van der Waals surface area contributed by atoms with Gasteiger partial charge in [-0.3, -0.25) is 10.2 Å². The maximum atomic E-state index is 12.7. The quantitative estimate of drug-likeness (QED) is 0.617. The second kappa shape index (κ2) is 8.87. The predicted octanol–water partition coefficient (Wildman–Crippen LogP) is 4.64. The summed E-state index contributed by atoms with van der Waals surface area (Å²) in [5.74, 6) is 1.57. The molecule has 0 unspecified atom stereocenters. The van der Waals surface area contributed by atoms with Crippen LogP contribution in [0.15, 0.2) is 27.6 Å². The number of fused-ring (bicyclic) bond motifs is 5. The van der Waals surface area contributed by atoms with Crippen LogP contribution in [0.3, 0.4) is 0 Å². The summed E-state index contributed by atoms with van der Waals surface area (Å²) in [7, 11) is 0. The van der Waals surface area contributed by atoms with E-state index in [0.29, 0.717) is 24.4 Å². The van der Waals surface area contributed by atoms with Crippen LogP contribution in [0.25, 0.3) is 0 Å². The van der Waals surface area contributed by atoms with Crippen LogP contribution < -0.4 is 10.9 Å². The van der Waals surface area contributed by atoms with Crippen molar-refractivity contribution in [1.82, 2.24) is 10.2 Å². The third-order valence-corrected chi connectivity index (χ3v) is 11.5. The molecule has 0 bridgehead atoms. The lowest BCUT2D eigenvalue weighted by Gasteiger charge is -2.63. The zero-order chi connectivity index (χ0) is 25.1. The van der Waals surface area contributed by atoms with Gasteiger partial charge in [-0.2, -0.15) is 0 Å². The normalized spacial score (nSPS) is 44.3. The molecule has 7 nitrogen and oxygen atoms in total. The van der Waals surface area contributed by atoms with E-state index in [0.717, 1.165) is 82.9 Å². The van der Waals surface area contributed by atoms with E-state index in [1.54, 1.807) is 11.2 Å². The van der Waals surface area contributed by atoms with Crippen molar-refractivity contribution in [1.29, 1.82) is 0 Å². The van der Waals surface area contributed by atoms with Gasteiger partial charge in [-0.25, -0.2) is 9.59 Å². The third-order valence-electron chi connectivity index (χ3n) is 11.5. The molecule has 8 atom stereocenters. The van der Waals surface area contributed by atoms with E-state index in [-0.39, 0.29) is 34.6 Å². The molecule has 5 aliphatic rings. The number of rotatable bonds is 2. The molecule has 0 aromatic carbocycles. The maximum Gasteiger partial charge on any atom is 0.411 e. The molecule has 1 aromatic heterocycles. The standard InChI is InChI=1S/C29H42N2O5/c1-27-11-8-21(36-26(33)31-15-3-14-30-18-31)16-20(27)5-6-24-23(27)9-12-28(2)22(10-13-29(24,28)34)19-4-7-25(32)35-17-19/h4,7,17,20-24,30,34H,3,5-6,8-16,18H2,1-2H3/t20-,21+,22-,23+,24-,27+,28-,29+/m1/s1. The summed E-state index contributed by atoms with van der Waals surface area (Å²) >= 11 is 0. The number of hydrogen-bond donors (Lipinski definition) is 2. The number of amides is 1. The molecule has 1 aliphatic heterocycles. The molecule has 1 amide bonds. The topological polar surface area (TPSA) is 92.0 Å². The summed E-state index contributed by atoms with van der Waals surface area (Å²) in [6, 6.07) is 3.42. The summed E-state index contributed by atoms with van der Waals surface area (Å²) < 4.78 is 11.2.